The van der Waals surface area contributed by atoms with E-state index in [1.807, 2.05) is 0 Å². The van der Waals surface area contributed by atoms with E-state index in [4.69, 9.17) is 0 Å². The fourth-order valence-corrected chi connectivity index (χ4v) is 0.717. The summed E-state index contributed by atoms with van der Waals surface area (Å²) in [6.45, 7) is 8.21. The number of carbonyl (C=O) groups is 1. The van der Waals surface area contributed by atoms with Crippen LogP contribution in [0.5, 0.6) is 0 Å². The maximum absolute atomic E-state index is 11.2. The Balaban J connectivity index is 4.83. The molecule has 0 saturated heterocycles. The number of hydrogen-bond donors (Lipinski definition) is 1. The molecule has 0 radical (unpaired) electrons. The fraction of sp³-hybridized carbons (Fsp3) is 0.667. The molecule has 0 aliphatic carbocycles. The van der Waals surface area contributed by atoms with Crippen molar-refractivity contribution in [1.82, 2.24) is 0 Å². The van der Waals surface area contributed by atoms with Crippen molar-refractivity contribution in [1.29, 1.82) is 0 Å². The second-order valence-corrected chi connectivity index (χ2v) is 3.47. The first-order valence-corrected chi connectivity index (χ1v) is 3.74. The van der Waals surface area contributed by atoms with Crippen LogP contribution in [-0.4, -0.2) is 23.8 Å². The van der Waals surface area contributed by atoms with E-state index < -0.39 is 17.0 Å². The van der Waals surface area contributed by atoms with E-state index in [1.165, 1.54) is 20.1 Å². The molecule has 0 bridgehead atoms. The lowest BCUT2D eigenvalue weighted by Crippen LogP contribution is -2.46. The van der Waals surface area contributed by atoms with Crippen molar-refractivity contribution in [3.63, 3.8) is 0 Å². The van der Waals surface area contributed by atoms with Crippen molar-refractivity contribution < 1.29 is 14.6 Å². The largest absolute Gasteiger partial charge is 0.469 e. The maximum atomic E-state index is 11.2. The third-order valence-corrected chi connectivity index (χ3v) is 2.36. The summed E-state index contributed by atoms with van der Waals surface area (Å²) < 4.78 is 4.56. The summed E-state index contributed by atoms with van der Waals surface area (Å²) in [7, 11) is 1.29. The van der Waals surface area contributed by atoms with E-state index in [-0.39, 0.29) is 0 Å². The van der Waals surface area contributed by atoms with Gasteiger partial charge in [0.1, 0.15) is 0 Å². The zero-order valence-electron chi connectivity index (χ0n) is 8.05. The van der Waals surface area contributed by atoms with E-state index in [0.717, 1.165) is 0 Å². The summed E-state index contributed by atoms with van der Waals surface area (Å²) in [6.07, 6.45) is 1.34. The second kappa shape index (κ2) is 3.27. The highest BCUT2D eigenvalue weighted by atomic mass is 16.5. The van der Waals surface area contributed by atoms with Crippen molar-refractivity contribution in [2.45, 2.75) is 26.4 Å². The van der Waals surface area contributed by atoms with Crippen molar-refractivity contribution in [2.24, 2.45) is 5.41 Å². The van der Waals surface area contributed by atoms with Gasteiger partial charge in [0.05, 0.1) is 18.1 Å². The predicted octanol–water partition coefficient (Wildman–Crippen LogP) is 1.12. The summed E-state index contributed by atoms with van der Waals surface area (Å²) in [4.78, 5) is 11.2. The zero-order chi connectivity index (χ0) is 9.99. The average molecular weight is 172 g/mol. The van der Waals surface area contributed by atoms with Crippen LogP contribution in [0.2, 0.25) is 0 Å². The lowest BCUT2D eigenvalue weighted by molar-refractivity contribution is -0.161. The minimum absolute atomic E-state index is 0.451. The van der Waals surface area contributed by atoms with Crippen LogP contribution in [0.25, 0.3) is 0 Å². The number of carbonyl (C=O) groups excluding carboxylic acids is 1. The van der Waals surface area contributed by atoms with Gasteiger partial charge < -0.3 is 9.84 Å². The van der Waals surface area contributed by atoms with Gasteiger partial charge in [-0.1, -0.05) is 6.08 Å². The number of rotatable bonds is 3. The van der Waals surface area contributed by atoms with Gasteiger partial charge in [-0.15, -0.1) is 6.58 Å². The Kier molecular flexibility index (Phi) is 3.04. The van der Waals surface area contributed by atoms with Gasteiger partial charge in [0.15, 0.2) is 0 Å². The Morgan fingerprint density at radius 1 is 1.50 bits per heavy atom. The van der Waals surface area contributed by atoms with Gasteiger partial charge in [0.2, 0.25) is 0 Å². The molecule has 0 saturated carbocycles. The highest BCUT2D eigenvalue weighted by Crippen LogP contribution is 2.32. The minimum atomic E-state index is -1.25. The highest BCUT2D eigenvalue weighted by Gasteiger charge is 2.44. The molecule has 0 aromatic heterocycles. The first-order chi connectivity index (χ1) is 5.29. The number of esters is 1. The van der Waals surface area contributed by atoms with Crippen LogP contribution in [0.3, 0.4) is 0 Å². The summed E-state index contributed by atoms with van der Waals surface area (Å²) in [5.74, 6) is -0.451. The van der Waals surface area contributed by atoms with E-state index in [2.05, 4.69) is 11.3 Å². The SMILES string of the molecule is C=CC(C)(O)C(C)(C)C(=O)OC. The van der Waals surface area contributed by atoms with Crippen LogP contribution in [0.1, 0.15) is 20.8 Å². The average Bonchev–Trinajstić information content (AvgIpc) is 2.02. The molecule has 70 valence electrons. The van der Waals surface area contributed by atoms with Crippen molar-refractivity contribution in [3.05, 3.63) is 12.7 Å². The topological polar surface area (TPSA) is 46.5 Å². The van der Waals surface area contributed by atoms with Crippen LogP contribution in [0, 0.1) is 5.41 Å². The molecule has 0 amide bonds. The quantitative estimate of drug-likeness (QED) is 0.512. The van der Waals surface area contributed by atoms with Gasteiger partial charge in [0, 0.05) is 0 Å². The van der Waals surface area contributed by atoms with Gasteiger partial charge in [0.25, 0.3) is 0 Å². The monoisotopic (exact) mass is 172 g/mol. The van der Waals surface area contributed by atoms with Crippen LogP contribution in [0.15, 0.2) is 12.7 Å². The van der Waals surface area contributed by atoms with Crippen LogP contribution < -0.4 is 0 Å². The van der Waals surface area contributed by atoms with Crippen molar-refractivity contribution in [2.75, 3.05) is 7.11 Å². The van der Waals surface area contributed by atoms with Gasteiger partial charge in [-0.2, -0.15) is 0 Å². The van der Waals surface area contributed by atoms with Crippen LogP contribution in [0.4, 0.5) is 0 Å². The molecule has 0 heterocycles. The Morgan fingerprint density at radius 3 is 2.17 bits per heavy atom. The normalized spacial score (nSPS) is 16.4. The van der Waals surface area contributed by atoms with Crippen LogP contribution in [-0.2, 0) is 9.53 Å². The maximum Gasteiger partial charge on any atom is 0.314 e. The molecular formula is C9H16O3. The molecule has 0 aliphatic rings. The molecular weight excluding hydrogens is 156 g/mol. The molecule has 0 fully saturated rings. The Bertz CT molecular complexity index is 192. The van der Waals surface area contributed by atoms with Gasteiger partial charge in [-0.3, -0.25) is 4.79 Å². The molecule has 1 unspecified atom stereocenters. The molecule has 0 aromatic carbocycles. The molecule has 12 heavy (non-hydrogen) atoms. The lowest BCUT2D eigenvalue weighted by atomic mass is 9.76. The Hall–Kier alpha value is -0.830. The third-order valence-electron chi connectivity index (χ3n) is 2.36. The predicted molar refractivity (Wildman–Crippen MR) is 46.6 cm³/mol. The molecule has 3 heteroatoms. The number of aliphatic hydroxyl groups is 1. The summed E-state index contributed by atoms with van der Waals surface area (Å²) in [5, 5.41) is 9.73. The Labute approximate surface area is 73.0 Å². The zero-order valence-corrected chi connectivity index (χ0v) is 8.05. The number of ether oxygens (including phenoxy) is 1. The summed E-state index contributed by atoms with van der Waals surface area (Å²) in [6, 6.07) is 0. The van der Waals surface area contributed by atoms with E-state index in [1.54, 1.807) is 13.8 Å². The van der Waals surface area contributed by atoms with Crippen molar-refractivity contribution >= 4 is 5.97 Å². The summed E-state index contributed by atoms with van der Waals surface area (Å²) in [5.41, 5.74) is -2.22. The summed E-state index contributed by atoms with van der Waals surface area (Å²) >= 11 is 0. The highest BCUT2D eigenvalue weighted by molar-refractivity contribution is 5.77. The molecule has 0 rings (SSSR count). The van der Waals surface area contributed by atoms with Crippen LogP contribution >= 0.6 is 0 Å². The molecule has 1 N–H and O–H groups in total. The van der Waals surface area contributed by atoms with E-state index in [9.17, 15) is 9.90 Å². The van der Waals surface area contributed by atoms with Gasteiger partial charge >= 0.3 is 5.97 Å². The lowest BCUT2D eigenvalue weighted by Gasteiger charge is -2.34. The fourth-order valence-electron chi connectivity index (χ4n) is 0.717. The minimum Gasteiger partial charge on any atom is -0.469 e. The van der Waals surface area contributed by atoms with Crippen molar-refractivity contribution in [3.8, 4) is 0 Å². The molecule has 0 aromatic rings. The van der Waals surface area contributed by atoms with E-state index in [0.29, 0.717) is 0 Å². The van der Waals surface area contributed by atoms with Gasteiger partial charge in [-0.05, 0) is 20.8 Å². The number of hydrogen-bond acceptors (Lipinski definition) is 3. The molecule has 3 nitrogen and oxygen atoms in total. The third kappa shape index (κ3) is 1.67. The molecule has 0 aliphatic heterocycles. The van der Waals surface area contributed by atoms with E-state index >= 15 is 0 Å². The smallest absolute Gasteiger partial charge is 0.314 e. The molecule has 1 atom stereocenters. The second-order valence-electron chi connectivity index (χ2n) is 3.47. The standard InChI is InChI=1S/C9H16O3/c1-6-9(4,11)8(2,3)7(10)12-5/h6,11H,1H2,2-5H3. The van der Waals surface area contributed by atoms with Gasteiger partial charge in [-0.25, -0.2) is 0 Å². The first-order valence-electron chi connectivity index (χ1n) is 3.74. The number of methoxy groups -OCH3 is 1. The Morgan fingerprint density at radius 2 is 1.92 bits per heavy atom. The molecule has 0 spiro atoms. The first kappa shape index (κ1) is 11.2.